The van der Waals surface area contributed by atoms with Gasteiger partial charge < -0.3 is 0 Å². The minimum absolute atomic E-state index is 0.416. The van der Waals surface area contributed by atoms with Crippen molar-refractivity contribution in [3.05, 3.63) is 63.1 Å². The Morgan fingerprint density at radius 2 is 1.61 bits per heavy atom. The topological polar surface area (TPSA) is 12.4 Å². The van der Waals surface area contributed by atoms with E-state index in [1.165, 1.54) is 24.8 Å². The molecular formula is C19H13Cl2NS. The van der Waals surface area contributed by atoms with Gasteiger partial charge in [0.25, 0.3) is 0 Å². The normalized spacial score (nSPS) is 13.0. The molecule has 2 aromatic carbocycles. The molecule has 0 aliphatic heterocycles. The summed E-state index contributed by atoms with van der Waals surface area (Å²) >= 11 is 16.9. The number of benzene rings is 2. The van der Waals surface area contributed by atoms with Crippen molar-refractivity contribution >= 4 is 46.3 Å². The highest BCUT2D eigenvalue weighted by molar-refractivity contribution is 7.78. The molecule has 2 aromatic rings. The summed E-state index contributed by atoms with van der Waals surface area (Å²) in [6.07, 6.45) is 3.92. The van der Waals surface area contributed by atoms with Crippen LogP contribution in [0.15, 0.2) is 41.4 Å². The van der Waals surface area contributed by atoms with Crippen LogP contribution in [0.4, 0.5) is 5.69 Å². The van der Waals surface area contributed by atoms with E-state index in [0.717, 1.165) is 17.0 Å². The second kappa shape index (κ2) is 7.30. The van der Waals surface area contributed by atoms with Gasteiger partial charge in [0, 0.05) is 11.1 Å². The molecule has 114 valence electrons. The molecule has 0 radical (unpaired) electrons. The maximum absolute atomic E-state index is 6.14. The fourth-order valence-corrected chi connectivity index (χ4v) is 2.98. The number of nitrogens with zero attached hydrogens (tertiary/aromatic N) is 1. The molecule has 1 saturated carbocycles. The van der Waals surface area contributed by atoms with Crippen LogP contribution in [-0.4, -0.2) is 5.16 Å². The van der Waals surface area contributed by atoms with E-state index in [1.807, 2.05) is 0 Å². The van der Waals surface area contributed by atoms with Crippen molar-refractivity contribution in [2.24, 2.45) is 10.9 Å². The minimum Gasteiger partial charge on any atom is -0.192 e. The van der Waals surface area contributed by atoms with Crippen LogP contribution in [0.1, 0.15) is 29.5 Å². The number of aliphatic imine (C=N–C) groups is 1. The Morgan fingerprint density at radius 1 is 1.00 bits per heavy atom. The van der Waals surface area contributed by atoms with E-state index >= 15 is 0 Å². The summed E-state index contributed by atoms with van der Waals surface area (Å²) in [5.74, 6) is 7.10. The number of hydrogen-bond donors (Lipinski definition) is 0. The Kier molecular flexibility index (Phi) is 5.16. The lowest BCUT2D eigenvalue weighted by atomic mass is 10.1. The average Bonchev–Trinajstić information content (AvgIpc) is 3.34. The summed E-state index contributed by atoms with van der Waals surface area (Å²) in [5.41, 5.74) is 3.52. The molecule has 1 fully saturated rings. The van der Waals surface area contributed by atoms with Gasteiger partial charge in [-0.3, -0.25) is 0 Å². The third kappa shape index (κ3) is 4.44. The van der Waals surface area contributed by atoms with Crippen LogP contribution in [-0.2, 0) is 6.42 Å². The smallest absolute Gasteiger partial charge is 0.111 e. The Bertz CT molecular complexity index is 813. The van der Waals surface area contributed by atoms with E-state index in [-0.39, 0.29) is 0 Å². The van der Waals surface area contributed by atoms with E-state index in [4.69, 9.17) is 23.2 Å². The fourth-order valence-electron chi connectivity index (χ4n) is 2.31. The summed E-state index contributed by atoms with van der Waals surface area (Å²) in [6, 6.07) is 11.9. The SMILES string of the molecule is S=C=Nc1c(Cl)cc(C#Cc2ccc(CC3CC3)cc2)cc1Cl. The molecule has 0 N–H and O–H groups in total. The van der Waals surface area contributed by atoms with Crippen LogP contribution >= 0.6 is 35.4 Å². The number of thiocarbonyl (C=S) groups is 1. The number of halogens is 2. The molecule has 0 saturated heterocycles. The standard InChI is InChI=1S/C19H13Cl2NS/c20-17-10-16(11-18(21)19(17)22-12-23)8-3-13-1-4-14(5-2-13)9-15-6-7-15/h1-2,4-5,10-11,15H,6-7,9H2. The van der Waals surface area contributed by atoms with E-state index in [2.05, 4.69) is 58.5 Å². The van der Waals surface area contributed by atoms with Gasteiger partial charge in [-0.1, -0.05) is 47.2 Å². The maximum Gasteiger partial charge on any atom is 0.111 e. The van der Waals surface area contributed by atoms with Crippen molar-refractivity contribution in [1.82, 2.24) is 0 Å². The molecule has 0 heterocycles. The molecule has 0 amide bonds. The van der Waals surface area contributed by atoms with Gasteiger partial charge in [0.2, 0.25) is 0 Å². The van der Waals surface area contributed by atoms with Gasteiger partial charge >= 0.3 is 0 Å². The second-order valence-corrected chi connectivity index (χ2v) is 6.58. The van der Waals surface area contributed by atoms with Crippen LogP contribution < -0.4 is 0 Å². The van der Waals surface area contributed by atoms with Crippen LogP contribution in [0, 0.1) is 17.8 Å². The van der Waals surface area contributed by atoms with Crippen LogP contribution in [0.2, 0.25) is 10.0 Å². The van der Waals surface area contributed by atoms with Crippen LogP contribution in [0.5, 0.6) is 0 Å². The van der Waals surface area contributed by atoms with E-state index < -0.39 is 0 Å². The largest absolute Gasteiger partial charge is 0.192 e. The van der Waals surface area contributed by atoms with Gasteiger partial charge in [0.05, 0.1) is 15.2 Å². The van der Waals surface area contributed by atoms with Gasteiger partial charge in [0.15, 0.2) is 0 Å². The van der Waals surface area contributed by atoms with Crippen LogP contribution in [0.3, 0.4) is 0 Å². The van der Waals surface area contributed by atoms with Crippen molar-refractivity contribution in [3.8, 4) is 11.8 Å². The summed E-state index contributed by atoms with van der Waals surface area (Å²) in [5, 5.41) is 3.10. The Hall–Kier alpha value is -1.62. The van der Waals surface area contributed by atoms with E-state index in [9.17, 15) is 0 Å². The lowest BCUT2D eigenvalue weighted by Gasteiger charge is -2.01. The summed E-state index contributed by atoms with van der Waals surface area (Å²) in [7, 11) is 0. The molecule has 0 bridgehead atoms. The first-order valence-corrected chi connectivity index (χ1v) is 8.50. The van der Waals surface area contributed by atoms with Gasteiger partial charge in [0.1, 0.15) is 5.69 Å². The minimum atomic E-state index is 0.416. The summed E-state index contributed by atoms with van der Waals surface area (Å²) in [6.45, 7) is 0. The number of hydrogen-bond acceptors (Lipinski definition) is 2. The first-order chi connectivity index (χ1) is 11.2. The molecule has 1 aliphatic carbocycles. The molecule has 3 rings (SSSR count). The predicted octanol–water partition coefficient (Wildman–Crippen LogP) is 6.08. The van der Waals surface area contributed by atoms with Gasteiger partial charge in [-0.15, -0.1) is 0 Å². The molecule has 0 unspecified atom stereocenters. The lowest BCUT2D eigenvalue weighted by Crippen LogP contribution is -1.86. The van der Waals surface area contributed by atoms with Crippen molar-refractivity contribution in [1.29, 1.82) is 0 Å². The molecule has 0 aromatic heterocycles. The first kappa shape index (κ1) is 16.2. The molecule has 1 nitrogen and oxygen atoms in total. The van der Waals surface area contributed by atoms with Crippen molar-refractivity contribution in [2.75, 3.05) is 0 Å². The Balaban J connectivity index is 1.79. The highest BCUT2D eigenvalue weighted by atomic mass is 35.5. The fraction of sp³-hybridized carbons (Fsp3) is 0.211. The quantitative estimate of drug-likeness (QED) is 0.368. The number of isothiocyanates is 1. The zero-order valence-electron chi connectivity index (χ0n) is 12.3. The van der Waals surface area contributed by atoms with Gasteiger partial charge in [-0.2, -0.15) is 4.99 Å². The molecule has 1 aliphatic rings. The zero-order valence-corrected chi connectivity index (χ0v) is 14.6. The summed E-state index contributed by atoms with van der Waals surface area (Å²) < 4.78 is 0. The first-order valence-electron chi connectivity index (χ1n) is 7.33. The highest BCUT2D eigenvalue weighted by Gasteiger charge is 2.21. The van der Waals surface area contributed by atoms with E-state index in [0.29, 0.717) is 15.7 Å². The summed E-state index contributed by atoms with van der Waals surface area (Å²) in [4.78, 5) is 3.86. The molecular weight excluding hydrogens is 345 g/mol. The van der Waals surface area contributed by atoms with Gasteiger partial charge in [-0.05, 0) is 67.2 Å². The monoisotopic (exact) mass is 357 g/mol. The van der Waals surface area contributed by atoms with Crippen molar-refractivity contribution in [3.63, 3.8) is 0 Å². The maximum atomic E-state index is 6.14. The van der Waals surface area contributed by atoms with E-state index in [1.54, 1.807) is 12.1 Å². The Morgan fingerprint density at radius 3 is 2.17 bits per heavy atom. The molecule has 4 heteroatoms. The van der Waals surface area contributed by atoms with Crippen molar-refractivity contribution in [2.45, 2.75) is 19.3 Å². The average molecular weight is 358 g/mol. The lowest BCUT2D eigenvalue weighted by molar-refractivity contribution is 0.832. The third-order valence-electron chi connectivity index (χ3n) is 3.70. The van der Waals surface area contributed by atoms with Crippen molar-refractivity contribution < 1.29 is 0 Å². The highest BCUT2D eigenvalue weighted by Crippen LogP contribution is 2.34. The van der Waals surface area contributed by atoms with Crippen LogP contribution in [0.25, 0.3) is 0 Å². The molecule has 0 atom stereocenters. The third-order valence-corrected chi connectivity index (χ3v) is 4.37. The predicted molar refractivity (Wildman–Crippen MR) is 100.0 cm³/mol. The zero-order chi connectivity index (χ0) is 16.2. The Labute approximate surface area is 151 Å². The second-order valence-electron chi connectivity index (χ2n) is 5.59. The molecule has 0 spiro atoms. The molecule has 23 heavy (non-hydrogen) atoms. The number of rotatable bonds is 3. The van der Waals surface area contributed by atoms with Gasteiger partial charge in [-0.25, -0.2) is 0 Å².